The van der Waals surface area contributed by atoms with E-state index < -0.39 is 0 Å². The Hall–Kier alpha value is -1.13. The molecule has 1 saturated carbocycles. The van der Waals surface area contributed by atoms with Gasteiger partial charge in [0.05, 0.1) is 18.8 Å². The number of anilines is 1. The molecule has 1 aliphatic carbocycles. The molecular formula is C14H19FN2O. The Kier molecular flexibility index (Phi) is 3.22. The molecule has 0 bridgehead atoms. The lowest BCUT2D eigenvalue weighted by molar-refractivity contribution is 0.0256. The molecule has 4 heteroatoms. The highest BCUT2D eigenvalue weighted by atomic mass is 19.1. The summed E-state index contributed by atoms with van der Waals surface area (Å²) in [5.74, 6) is -0.200. The highest BCUT2D eigenvalue weighted by molar-refractivity contribution is 5.51. The van der Waals surface area contributed by atoms with Gasteiger partial charge in [0.15, 0.2) is 0 Å². The minimum atomic E-state index is -0.200. The highest BCUT2D eigenvalue weighted by Gasteiger charge is 2.36. The van der Waals surface area contributed by atoms with E-state index in [1.54, 1.807) is 6.07 Å². The Bertz CT molecular complexity index is 438. The molecule has 0 amide bonds. The van der Waals surface area contributed by atoms with Crippen LogP contribution in [0.25, 0.3) is 0 Å². The number of morpholine rings is 1. The summed E-state index contributed by atoms with van der Waals surface area (Å²) in [6.45, 7) is 1.95. The molecule has 2 fully saturated rings. The quantitative estimate of drug-likeness (QED) is 0.873. The third kappa shape index (κ3) is 2.10. The van der Waals surface area contributed by atoms with Crippen molar-refractivity contribution in [1.82, 2.24) is 0 Å². The van der Waals surface area contributed by atoms with Crippen molar-refractivity contribution < 1.29 is 9.13 Å². The molecule has 0 aromatic heterocycles. The summed E-state index contributed by atoms with van der Waals surface area (Å²) in [6.07, 6.45) is 3.79. The summed E-state index contributed by atoms with van der Waals surface area (Å²) >= 11 is 0. The molecule has 2 unspecified atom stereocenters. The van der Waals surface area contributed by atoms with Crippen LogP contribution in [-0.4, -0.2) is 25.3 Å². The number of nitrogens with two attached hydrogens (primary N) is 1. The maximum absolute atomic E-state index is 13.6. The first-order valence-corrected chi connectivity index (χ1v) is 6.66. The van der Waals surface area contributed by atoms with E-state index in [0.717, 1.165) is 37.2 Å². The van der Waals surface area contributed by atoms with Gasteiger partial charge in [-0.25, -0.2) is 4.39 Å². The zero-order chi connectivity index (χ0) is 12.5. The van der Waals surface area contributed by atoms with Gasteiger partial charge in [-0.05, 0) is 43.0 Å². The zero-order valence-electron chi connectivity index (χ0n) is 10.4. The number of rotatable bonds is 2. The molecule has 3 nitrogen and oxygen atoms in total. The van der Waals surface area contributed by atoms with E-state index in [4.69, 9.17) is 10.5 Å². The van der Waals surface area contributed by atoms with Gasteiger partial charge >= 0.3 is 0 Å². The fraction of sp³-hybridized carbons (Fsp3) is 0.571. The Labute approximate surface area is 107 Å². The van der Waals surface area contributed by atoms with E-state index in [1.165, 1.54) is 12.5 Å². The summed E-state index contributed by atoms with van der Waals surface area (Å²) in [7, 11) is 0. The zero-order valence-corrected chi connectivity index (χ0v) is 10.4. The molecule has 3 rings (SSSR count). The van der Waals surface area contributed by atoms with E-state index in [9.17, 15) is 4.39 Å². The van der Waals surface area contributed by atoms with Crippen LogP contribution < -0.4 is 10.6 Å². The van der Waals surface area contributed by atoms with E-state index in [1.807, 2.05) is 6.07 Å². The molecular weight excluding hydrogens is 231 g/mol. The summed E-state index contributed by atoms with van der Waals surface area (Å²) in [5, 5.41) is 0. The van der Waals surface area contributed by atoms with Crippen LogP contribution in [0.4, 0.5) is 10.1 Å². The number of nitrogens with zero attached hydrogens (tertiary/aromatic N) is 1. The highest BCUT2D eigenvalue weighted by Crippen LogP contribution is 2.33. The van der Waals surface area contributed by atoms with Gasteiger partial charge in [-0.3, -0.25) is 0 Å². The molecule has 2 aliphatic rings. The Balaban J connectivity index is 1.90. The van der Waals surface area contributed by atoms with Crippen LogP contribution in [0.1, 0.15) is 24.8 Å². The molecule has 1 heterocycles. The van der Waals surface area contributed by atoms with Gasteiger partial charge in [0.1, 0.15) is 5.82 Å². The maximum Gasteiger partial charge on any atom is 0.125 e. The normalized spacial score (nSPS) is 27.3. The van der Waals surface area contributed by atoms with Crippen LogP contribution in [-0.2, 0) is 11.3 Å². The predicted molar refractivity (Wildman–Crippen MR) is 69.0 cm³/mol. The van der Waals surface area contributed by atoms with Gasteiger partial charge < -0.3 is 15.4 Å². The van der Waals surface area contributed by atoms with Gasteiger partial charge in [0.2, 0.25) is 0 Å². The van der Waals surface area contributed by atoms with E-state index in [2.05, 4.69) is 4.90 Å². The first-order valence-electron chi connectivity index (χ1n) is 6.66. The van der Waals surface area contributed by atoms with E-state index >= 15 is 0 Å². The SMILES string of the molecule is NCc1cc(F)cc(N2CCOC3CCCC32)c1. The smallest absolute Gasteiger partial charge is 0.125 e. The monoisotopic (exact) mass is 250 g/mol. The molecule has 1 aliphatic heterocycles. The fourth-order valence-corrected chi connectivity index (χ4v) is 3.16. The molecule has 0 spiro atoms. The number of ether oxygens (including phenoxy) is 1. The Morgan fingerprint density at radius 2 is 2.22 bits per heavy atom. The van der Waals surface area contributed by atoms with Crippen molar-refractivity contribution in [3.8, 4) is 0 Å². The average molecular weight is 250 g/mol. The molecule has 1 saturated heterocycles. The van der Waals surface area contributed by atoms with Crippen molar-refractivity contribution >= 4 is 5.69 Å². The lowest BCUT2D eigenvalue weighted by Gasteiger charge is -2.39. The van der Waals surface area contributed by atoms with Gasteiger partial charge in [0.25, 0.3) is 0 Å². The molecule has 98 valence electrons. The second-order valence-corrected chi connectivity index (χ2v) is 5.12. The minimum absolute atomic E-state index is 0.200. The van der Waals surface area contributed by atoms with Crippen molar-refractivity contribution in [2.75, 3.05) is 18.1 Å². The van der Waals surface area contributed by atoms with Crippen LogP contribution in [0.3, 0.4) is 0 Å². The average Bonchev–Trinajstić information content (AvgIpc) is 2.85. The summed E-state index contributed by atoms with van der Waals surface area (Å²) in [6, 6.07) is 5.53. The van der Waals surface area contributed by atoms with Crippen molar-refractivity contribution in [2.24, 2.45) is 5.73 Å². The van der Waals surface area contributed by atoms with Gasteiger partial charge in [-0.15, -0.1) is 0 Å². The fourth-order valence-electron chi connectivity index (χ4n) is 3.16. The Morgan fingerprint density at radius 1 is 1.33 bits per heavy atom. The minimum Gasteiger partial charge on any atom is -0.374 e. The Morgan fingerprint density at radius 3 is 3.06 bits per heavy atom. The van der Waals surface area contributed by atoms with Crippen LogP contribution in [0.15, 0.2) is 18.2 Å². The first-order chi connectivity index (χ1) is 8.78. The molecule has 1 aromatic rings. The van der Waals surface area contributed by atoms with Crippen LogP contribution in [0.5, 0.6) is 0 Å². The predicted octanol–water partition coefficient (Wildman–Crippen LogP) is 2.04. The number of halogens is 1. The first kappa shape index (κ1) is 11.9. The standard InChI is InChI=1S/C14H19FN2O/c15-11-6-10(9-16)7-12(8-11)17-4-5-18-14-3-1-2-13(14)17/h6-8,13-14H,1-5,9,16H2. The van der Waals surface area contributed by atoms with Crippen molar-refractivity contribution in [3.05, 3.63) is 29.6 Å². The third-order valence-corrected chi connectivity index (χ3v) is 3.99. The van der Waals surface area contributed by atoms with E-state index in [-0.39, 0.29) is 5.82 Å². The van der Waals surface area contributed by atoms with Gasteiger partial charge in [-0.1, -0.05) is 0 Å². The second kappa shape index (κ2) is 4.86. The number of hydrogen-bond acceptors (Lipinski definition) is 3. The van der Waals surface area contributed by atoms with Crippen molar-refractivity contribution in [1.29, 1.82) is 0 Å². The third-order valence-electron chi connectivity index (χ3n) is 3.99. The molecule has 2 atom stereocenters. The van der Waals surface area contributed by atoms with Crippen LogP contribution >= 0.6 is 0 Å². The number of hydrogen-bond donors (Lipinski definition) is 1. The van der Waals surface area contributed by atoms with Crippen molar-refractivity contribution in [2.45, 2.75) is 38.0 Å². The van der Waals surface area contributed by atoms with Crippen LogP contribution in [0, 0.1) is 5.82 Å². The van der Waals surface area contributed by atoms with Crippen LogP contribution in [0.2, 0.25) is 0 Å². The summed E-state index contributed by atoms with van der Waals surface area (Å²) < 4.78 is 19.4. The maximum atomic E-state index is 13.6. The summed E-state index contributed by atoms with van der Waals surface area (Å²) in [4.78, 5) is 2.30. The number of benzene rings is 1. The summed E-state index contributed by atoms with van der Waals surface area (Å²) in [5.41, 5.74) is 7.42. The van der Waals surface area contributed by atoms with Crippen molar-refractivity contribution in [3.63, 3.8) is 0 Å². The topological polar surface area (TPSA) is 38.5 Å². The second-order valence-electron chi connectivity index (χ2n) is 5.12. The molecule has 18 heavy (non-hydrogen) atoms. The molecule has 2 N–H and O–H groups in total. The lowest BCUT2D eigenvalue weighted by atomic mass is 10.1. The van der Waals surface area contributed by atoms with Gasteiger partial charge in [0, 0.05) is 18.8 Å². The van der Waals surface area contributed by atoms with E-state index in [0.29, 0.717) is 18.7 Å². The molecule has 0 radical (unpaired) electrons. The van der Waals surface area contributed by atoms with Gasteiger partial charge in [-0.2, -0.15) is 0 Å². The number of fused-ring (bicyclic) bond motifs is 1. The largest absolute Gasteiger partial charge is 0.374 e. The lowest BCUT2D eigenvalue weighted by Crippen LogP contribution is -2.48. The molecule has 1 aromatic carbocycles.